The Bertz CT molecular complexity index is 818. The van der Waals surface area contributed by atoms with Crippen LogP contribution < -0.4 is 4.90 Å². The molecular formula is C20H26FN5O2. The molecule has 2 aliphatic rings. The first-order valence-electron chi connectivity index (χ1n) is 9.99. The summed E-state index contributed by atoms with van der Waals surface area (Å²) in [5.74, 6) is 0.566. The van der Waals surface area contributed by atoms with Crippen molar-refractivity contribution in [3.05, 3.63) is 41.5 Å². The van der Waals surface area contributed by atoms with Crippen molar-refractivity contribution < 1.29 is 13.6 Å². The zero-order chi connectivity index (χ0) is 19.5. The number of rotatable bonds is 5. The van der Waals surface area contributed by atoms with Crippen LogP contribution in [0.3, 0.4) is 0 Å². The van der Waals surface area contributed by atoms with Gasteiger partial charge in [-0.1, -0.05) is 30.2 Å². The van der Waals surface area contributed by atoms with Gasteiger partial charge in [0.05, 0.1) is 6.04 Å². The van der Waals surface area contributed by atoms with Crippen molar-refractivity contribution in [3.8, 4) is 0 Å². The quantitative estimate of drug-likeness (QED) is 0.783. The van der Waals surface area contributed by atoms with E-state index in [1.807, 2.05) is 22.8 Å². The average molecular weight is 387 g/mol. The lowest BCUT2D eigenvalue weighted by Crippen LogP contribution is -2.53. The summed E-state index contributed by atoms with van der Waals surface area (Å²) in [6.07, 6.45) is 2.51. The Morgan fingerprint density at radius 2 is 1.96 bits per heavy atom. The van der Waals surface area contributed by atoms with E-state index in [2.05, 4.69) is 15.1 Å². The Morgan fingerprint density at radius 1 is 1.18 bits per heavy atom. The highest BCUT2D eigenvalue weighted by Crippen LogP contribution is 2.24. The second-order valence-corrected chi connectivity index (χ2v) is 7.36. The predicted molar refractivity (Wildman–Crippen MR) is 102 cm³/mol. The van der Waals surface area contributed by atoms with Crippen molar-refractivity contribution in [2.45, 2.75) is 38.8 Å². The van der Waals surface area contributed by atoms with Gasteiger partial charge in [0, 0.05) is 44.7 Å². The summed E-state index contributed by atoms with van der Waals surface area (Å²) in [6, 6.07) is 7.17. The third kappa shape index (κ3) is 3.87. The Morgan fingerprint density at radius 3 is 2.68 bits per heavy atom. The predicted octanol–water partition coefficient (Wildman–Crippen LogP) is 2.08. The highest BCUT2D eigenvalue weighted by atomic mass is 19.1. The molecule has 2 saturated heterocycles. The minimum absolute atomic E-state index is 0.147. The molecule has 1 aromatic heterocycles. The fraction of sp³-hybridized carbons (Fsp3) is 0.550. The van der Waals surface area contributed by atoms with Gasteiger partial charge in [-0.05, 0) is 25.5 Å². The molecule has 1 unspecified atom stereocenters. The van der Waals surface area contributed by atoms with Crippen LogP contribution in [-0.4, -0.2) is 64.7 Å². The lowest BCUT2D eigenvalue weighted by Gasteiger charge is -2.36. The van der Waals surface area contributed by atoms with Gasteiger partial charge in [0.25, 0.3) is 0 Å². The molecule has 4 rings (SSSR count). The molecule has 7 nitrogen and oxygen atoms in total. The summed E-state index contributed by atoms with van der Waals surface area (Å²) in [5, 5.41) is 8.10. The number of carbonyl (C=O) groups is 1. The average Bonchev–Trinajstić information content (AvgIpc) is 3.39. The number of nitrogens with zero attached hydrogens (tertiary/aromatic N) is 5. The number of piperazine rings is 1. The second-order valence-electron chi connectivity index (χ2n) is 7.36. The SMILES string of the molecule is CCc1nnc(N2CCN(C(=O)C3CCCN3Cc3ccccc3F)CC2)o1. The van der Waals surface area contributed by atoms with Crippen LogP contribution in [0.25, 0.3) is 0 Å². The number of hydrogen-bond donors (Lipinski definition) is 0. The van der Waals surface area contributed by atoms with Crippen molar-refractivity contribution in [1.29, 1.82) is 0 Å². The minimum atomic E-state index is -0.208. The van der Waals surface area contributed by atoms with Crippen LogP contribution in [0, 0.1) is 5.82 Å². The van der Waals surface area contributed by atoms with E-state index in [0.29, 0.717) is 56.6 Å². The van der Waals surface area contributed by atoms with Gasteiger partial charge in [0.2, 0.25) is 11.8 Å². The fourth-order valence-electron chi connectivity index (χ4n) is 3.98. The van der Waals surface area contributed by atoms with Crippen molar-refractivity contribution in [3.63, 3.8) is 0 Å². The van der Waals surface area contributed by atoms with Gasteiger partial charge < -0.3 is 14.2 Å². The highest BCUT2D eigenvalue weighted by Gasteiger charge is 2.35. The molecule has 0 spiro atoms. The number of halogens is 1. The molecule has 0 bridgehead atoms. The number of amides is 1. The van der Waals surface area contributed by atoms with E-state index in [1.165, 1.54) is 6.07 Å². The molecule has 2 fully saturated rings. The largest absolute Gasteiger partial charge is 0.408 e. The van der Waals surface area contributed by atoms with Crippen molar-refractivity contribution in [1.82, 2.24) is 20.0 Å². The van der Waals surface area contributed by atoms with Crippen LogP contribution in [0.1, 0.15) is 31.2 Å². The zero-order valence-corrected chi connectivity index (χ0v) is 16.2. The van der Waals surface area contributed by atoms with Crippen LogP contribution in [0.5, 0.6) is 0 Å². The number of hydrogen-bond acceptors (Lipinski definition) is 6. The molecule has 1 amide bonds. The van der Waals surface area contributed by atoms with E-state index >= 15 is 0 Å². The Labute approximate surface area is 164 Å². The van der Waals surface area contributed by atoms with E-state index in [9.17, 15) is 9.18 Å². The molecule has 2 aromatic rings. The molecule has 0 aliphatic carbocycles. The monoisotopic (exact) mass is 387 g/mol. The van der Waals surface area contributed by atoms with Crippen LogP contribution in [-0.2, 0) is 17.8 Å². The van der Waals surface area contributed by atoms with Gasteiger partial charge in [-0.2, -0.15) is 0 Å². The molecule has 0 N–H and O–H groups in total. The molecule has 1 atom stereocenters. The minimum Gasteiger partial charge on any atom is -0.408 e. The summed E-state index contributed by atoms with van der Waals surface area (Å²) in [5.41, 5.74) is 0.648. The maximum absolute atomic E-state index is 14.0. The zero-order valence-electron chi connectivity index (χ0n) is 16.2. The highest BCUT2D eigenvalue weighted by molar-refractivity contribution is 5.82. The summed E-state index contributed by atoms with van der Waals surface area (Å²) in [4.78, 5) is 19.2. The maximum atomic E-state index is 14.0. The topological polar surface area (TPSA) is 65.7 Å². The number of anilines is 1. The number of likely N-dealkylation sites (tertiary alicyclic amines) is 1. The van der Waals surface area contributed by atoms with Crippen molar-refractivity contribution in [2.24, 2.45) is 0 Å². The first kappa shape index (κ1) is 18.9. The summed E-state index contributed by atoms with van der Waals surface area (Å²) >= 11 is 0. The molecule has 8 heteroatoms. The number of benzene rings is 1. The molecule has 150 valence electrons. The summed E-state index contributed by atoms with van der Waals surface area (Å²) < 4.78 is 19.6. The van der Waals surface area contributed by atoms with E-state index in [4.69, 9.17) is 4.42 Å². The van der Waals surface area contributed by atoms with Crippen LogP contribution >= 0.6 is 0 Å². The molecule has 0 radical (unpaired) electrons. The van der Waals surface area contributed by atoms with Crippen molar-refractivity contribution >= 4 is 11.9 Å². The van der Waals surface area contributed by atoms with Crippen LogP contribution in [0.4, 0.5) is 10.4 Å². The van der Waals surface area contributed by atoms with E-state index in [0.717, 1.165) is 19.4 Å². The molecule has 28 heavy (non-hydrogen) atoms. The molecule has 1 aromatic carbocycles. The van der Waals surface area contributed by atoms with Gasteiger partial charge >= 0.3 is 6.01 Å². The van der Waals surface area contributed by atoms with Crippen LogP contribution in [0.2, 0.25) is 0 Å². The van der Waals surface area contributed by atoms with Crippen molar-refractivity contribution in [2.75, 3.05) is 37.6 Å². The smallest absolute Gasteiger partial charge is 0.318 e. The van der Waals surface area contributed by atoms with E-state index in [-0.39, 0.29) is 17.8 Å². The lowest BCUT2D eigenvalue weighted by atomic mass is 10.1. The first-order valence-corrected chi connectivity index (χ1v) is 9.99. The van der Waals surface area contributed by atoms with E-state index < -0.39 is 0 Å². The second kappa shape index (κ2) is 8.26. The molecular weight excluding hydrogens is 361 g/mol. The number of aryl methyl sites for hydroxylation is 1. The number of aromatic nitrogens is 2. The van der Waals surface area contributed by atoms with Gasteiger partial charge in [-0.3, -0.25) is 9.69 Å². The third-order valence-electron chi connectivity index (χ3n) is 5.60. The first-order chi connectivity index (χ1) is 13.7. The third-order valence-corrected chi connectivity index (χ3v) is 5.60. The molecule has 3 heterocycles. The Kier molecular flexibility index (Phi) is 5.57. The van der Waals surface area contributed by atoms with Gasteiger partial charge in [0.15, 0.2) is 0 Å². The Balaban J connectivity index is 1.35. The summed E-state index contributed by atoms with van der Waals surface area (Å²) in [7, 11) is 0. The van der Waals surface area contributed by atoms with Gasteiger partial charge in [0.1, 0.15) is 5.82 Å². The molecule has 0 saturated carbocycles. The lowest BCUT2D eigenvalue weighted by molar-refractivity contribution is -0.136. The van der Waals surface area contributed by atoms with Gasteiger partial charge in [-0.25, -0.2) is 4.39 Å². The van der Waals surface area contributed by atoms with E-state index in [1.54, 1.807) is 12.1 Å². The molecule has 2 aliphatic heterocycles. The fourth-order valence-corrected chi connectivity index (χ4v) is 3.98. The van der Waals surface area contributed by atoms with Gasteiger partial charge in [-0.15, -0.1) is 5.10 Å². The summed E-state index contributed by atoms with van der Waals surface area (Å²) in [6.45, 7) is 5.90. The normalized spacial score (nSPS) is 20.7. The number of carbonyl (C=O) groups excluding carboxylic acids is 1. The standard InChI is InChI=1S/C20H26FN5O2/c1-2-18-22-23-20(28-18)25-12-10-24(11-13-25)19(27)17-8-5-9-26(17)14-15-6-3-4-7-16(15)21/h3-4,6-7,17H,2,5,8-14H2,1H3. The maximum Gasteiger partial charge on any atom is 0.318 e. The Hall–Kier alpha value is -2.48. The van der Waals surface area contributed by atoms with Crippen LogP contribution in [0.15, 0.2) is 28.7 Å².